The summed E-state index contributed by atoms with van der Waals surface area (Å²) in [5, 5.41) is 0.862. The minimum absolute atomic E-state index is 0.336. The third kappa shape index (κ3) is 5.54. The fraction of sp³-hybridized carbons (Fsp3) is 0.385. The van der Waals surface area contributed by atoms with Gasteiger partial charge in [0.1, 0.15) is 5.58 Å². The van der Waals surface area contributed by atoms with Gasteiger partial charge in [-0.2, -0.15) is 0 Å². The van der Waals surface area contributed by atoms with Gasteiger partial charge < -0.3 is 14.1 Å². The fourth-order valence-corrected chi connectivity index (χ4v) is 3.65. The minimum Gasteiger partial charge on any atom is -0.462 e. The van der Waals surface area contributed by atoms with Gasteiger partial charge in [0.25, 0.3) is 0 Å². The summed E-state index contributed by atoms with van der Waals surface area (Å²) in [6.45, 7) is 8.55. The van der Waals surface area contributed by atoms with Crippen molar-refractivity contribution in [1.82, 2.24) is 0 Å². The quantitative estimate of drug-likeness (QED) is 0.227. The second kappa shape index (κ2) is 10.8. The van der Waals surface area contributed by atoms with Crippen LogP contribution in [-0.2, 0) is 4.74 Å². The van der Waals surface area contributed by atoms with Crippen LogP contribution in [0.3, 0.4) is 0 Å². The van der Waals surface area contributed by atoms with Gasteiger partial charge in [0.2, 0.25) is 0 Å². The second-order valence-corrected chi connectivity index (χ2v) is 7.62. The zero-order valence-corrected chi connectivity index (χ0v) is 18.6. The zero-order chi connectivity index (χ0) is 22.2. The Balaban J connectivity index is 1.77. The van der Waals surface area contributed by atoms with E-state index in [1.165, 1.54) is 0 Å². The Morgan fingerprint density at radius 2 is 1.68 bits per heavy atom. The summed E-state index contributed by atoms with van der Waals surface area (Å²) in [5.74, 6) is -0.336. The molecule has 0 amide bonds. The Bertz CT molecular complexity index is 1060. The number of anilines is 1. The van der Waals surface area contributed by atoms with Crippen LogP contribution in [0.5, 0.6) is 0 Å². The van der Waals surface area contributed by atoms with Gasteiger partial charge in [-0.1, -0.05) is 38.3 Å². The molecule has 0 saturated heterocycles. The molecular formula is C26H31NO4. The maximum absolute atomic E-state index is 12.6. The first-order chi connectivity index (χ1) is 15.1. The smallest absolute Gasteiger partial charge is 0.344 e. The van der Waals surface area contributed by atoms with Crippen molar-refractivity contribution in [3.05, 3.63) is 64.5 Å². The molecule has 2 aromatic carbocycles. The molecule has 0 fully saturated rings. The van der Waals surface area contributed by atoms with Crippen LogP contribution in [-0.4, -0.2) is 25.7 Å². The Labute approximate surface area is 183 Å². The molecule has 3 rings (SSSR count). The average molecular weight is 422 g/mol. The molecule has 0 aliphatic carbocycles. The van der Waals surface area contributed by atoms with Crippen molar-refractivity contribution in [2.75, 3.05) is 24.6 Å². The molecule has 0 atom stereocenters. The number of nitrogens with zero attached hydrogens (tertiary/aromatic N) is 1. The van der Waals surface area contributed by atoms with E-state index in [-0.39, 0.29) is 5.97 Å². The SMILES string of the molecule is CCCCCCOC(=O)c1ccc(-c2cc3ccc(N(CC)CC)cc3oc2=O)cc1. The van der Waals surface area contributed by atoms with Gasteiger partial charge >= 0.3 is 11.6 Å². The van der Waals surface area contributed by atoms with E-state index in [2.05, 4.69) is 25.7 Å². The van der Waals surface area contributed by atoms with Crippen LogP contribution < -0.4 is 10.5 Å². The summed E-state index contributed by atoms with van der Waals surface area (Å²) in [4.78, 5) is 27.0. The molecule has 3 aromatic rings. The summed E-state index contributed by atoms with van der Waals surface area (Å²) in [6.07, 6.45) is 4.25. The van der Waals surface area contributed by atoms with Crippen molar-refractivity contribution < 1.29 is 13.9 Å². The van der Waals surface area contributed by atoms with Crippen molar-refractivity contribution in [3.8, 4) is 11.1 Å². The number of rotatable bonds is 10. The second-order valence-electron chi connectivity index (χ2n) is 7.62. The lowest BCUT2D eigenvalue weighted by atomic mass is 10.0. The first-order valence-electron chi connectivity index (χ1n) is 11.2. The van der Waals surface area contributed by atoms with Crippen LogP contribution in [0.15, 0.2) is 57.7 Å². The molecule has 0 aliphatic heterocycles. The average Bonchev–Trinajstić information content (AvgIpc) is 2.79. The molecule has 1 aromatic heterocycles. The number of carbonyl (C=O) groups is 1. The largest absolute Gasteiger partial charge is 0.462 e. The van der Waals surface area contributed by atoms with Crippen LogP contribution in [0.25, 0.3) is 22.1 Å². The topological polar surface area (TPSA) is 59.8 Å². The van der Waals surface area contributed by atoms with Crippen molar-refractivity contribution >= 4 is 22.6 Å². The van der Waals surface area contributed by atoms with E-state index in [4.69, 9.17) is 9.15 Å². The molecule has 164 valence electrons. The van der Waals surface area contributed by atoms with E-state index >= 15 is 0 Å². The molecule has 0 aliphatic rings. The Kier molecular flexibility index (Phi) is 7.88. The van der Waals surface area contributed by atoms with Crippen molar-refractivity contribution in [1.29, 1.82) is 0 Å². The number of carbonyl (C=O) groups excluding carboxylic acids is 1. The van der Waals surface area contributed by atoms with Gasteiger partial charge in [-0.3, -0.25) is 0 Å². The number of ether oxygens (including phenoxy) is 1. The molecule has 0 unspecified atom stereocenters. The van der Waals surface area contributed by atoms with Gasteiger partial charge in [0.15, 0.2) is 0 Å². The van der Waals surface area contributed by atoms with E-state index < -0.39 is 5.63 Å². The minimum atomic E-state index is -0.393. The van der Waals surface area contributed by atoms with E-state index in [1.54, 1.807) is 24.3 Å². The highest BCUT2D eigenvalue weighted by atomic mass is 16.5. The highest BCUT2D eigenvalue weighted by molar-refractivity contribution is 5.90. The Morgan fingerprint density at radius 1 is 0.935 bits per heavy atom. The van der Waals surface area contributed by atoms with Crippen molar-refractivity contribution in [3.63, 3.8) is 0 Å². The number of benzene rings is 2. The molecule has 31 heavy (non-hydrogen) atoms. The van der Waals surface area contributed by atoms with Crippen LogP contribution in [0.1, 0.15) is 56.8 Å². The summed E-state index contributed by atoms with van der Waals surface area (Å²) < 4.78 is 10.9. The first-order valence-corrected chi connectivity index (χ1v) is 11.2. The number of hydrogen-bond donors (Lipinski definition) is 0. The summed E-state index contributed by atoms with van der Waals surface area (Å²) in [5.41, 5.74) is 2.88. The summed E-state index contributed by atoms with van der Waals surface area (Å²) in [6, 6.07) is 14.7. The normalized spacial score (nSPS) is 10.9. The molecule has 5 heteroatoms. The molecular weight excluding hydrogens is 390 g/mol. The monoisotopic (exact) mass is 421 g/mol. The standard InChI is InChI=1S/C26H31NO4/c1-4-7-8-9-16-30-25(28)20-12-10-19(11-13-20)23-17-21-14-15-22(27(5-2)6-3)18-24(21)31-26(23)29/h10-15,17-18H,4-9,16H2,1-3H3. The van der Waals surface area contributed by atoms with Crippen molar-refractivity contribution in [2.24, 2.45) is 0 Å². The maximum Gasteiger partial charge on any atom is 0.344 e. The number of hydrogen-bond acceptors (Lipinski definition) is 5. The number of esters is 1. The third-order valence-corrected chi connectivity index (χ3v) is 5.51. The first kappa shape index (κ1) is 22.6. The van der Waals surface area contributed by atoms with Crippen LogP contribution in [0.2, 0.25) is 0 Å². The Morgan fingerprint density at radius 3 is 2.35 bits per heavy atom. The number of unbranched alkanes of at least 4 members (excludes halogenated alkanes) is 3. The Hall–Kier alpha value is -3.08. The maximum atomic E-state index is 12.6. The van der Waals surface area contributed by atoms with E-state index in [0.29, 0.717) is 28.9 Å². The summed E-state index contributed by atoms with van der Waals surface area (Å²) >= 11 is 0. The highest BCUT2D eigenvalue weighted by Crippen LogP contribution is 2.25. The lowest BCUT2D eigenvalue weighted by Crippen LogP contribution is -2.21. The lowest BCUT2D eigenvalue weighted by molar-refractivity contribution is 0.0498. The van der Waals surface area contributed by atoms with Gasteiger partial charge in [0.05, 0.1) is 17.7 Å². The predicted molar refractivity (Wildman–Crippen MR) is 126 cm³/mol. The molecule has 0 radical (unpaired) electrons. The van der Waals surface area contributed by atoms with Crippen LogP contribution in [0.4, 0.5) is 5.69 Å². The molecule has 0 bridgehead atoms. The van der Waals surface area contributed by atoms with Gasteiger partial charge in [-0.25, -0.2) is 9.59 Å². The summed E-state index contributed by atoms with van der Waals surface area (Å²) in [7, 11) is 0. The molecule has 0 saturated carbocycles. The lowest BCUT2D eigenvalue weighted by Gasteiger charge is -2.21. The molecule has 1 heterocycles. The highest BCUT2D eigenvalue weighted by Gasteiger charge is 2.12. The predicted octanol–water partition coefficient (Wildman–Crippen LogP) is 6.04. The van der Waals surface area contributed by atoms with Gasteiger partial charge in [-0.15, -0.1) is 0 Å². The van der Waals surface area contributed by atoms with E-state index in [1.807, 2.05) is 24.3 Å². The third-order valence-electron chi connectivity index (χ3n) is 5.51. The molecule has 0 N–H and O–H groups in total. The fourth-order valence-electron chi connectivity index (χ4n) is 3.65. The van der Waals surface area contributed by atoms with Crippen LogP contribution >= 0.6 is 0 Å². The van der Waals surface area contributed by atoms with Gasteiger partial charge in [-0.05, 0) is 56.2 Å². The van der Waals surface area contributed by atoms with Crippen molar-refractivity contribution in [2.45, 2.75) is 46.5 Å². The molecule has 5 nitrogen and oxygen atoms in total. The zero-order valence-electron chi connectivity index (χ0n) is 18.6. The van der Waals surface area contributed by atoms with E-state index in [0.717, 1.165) is 49.8 Å². The van der Waals surface area contributed by atoms with Gasteiger partial charge in [0, 0.05) is 30.2 Å². The number of fused-ring (bicyclic) bond motifs is 1. The van der Waals surface area contributed by atoms with E-state index in [9.17, 15) is 9.59 Å². The van der Waals surface area contributed by atoms with Crippen LogP contribution in [0, 0.1) is 0 Å². The molecule has 0 spiro atoms.